The van der Waals surface area contributed by atoms with E-state index in [1.54, 1.807) is 48.7 Å². The lowest BCUT2D eigenvalue weighted by atomic mass is 10.1. The van der Waals surface area contributed by atoms with Gasteiger partial charge in [0.25, 0.3) is 15.9 Å². The molecule has 0 saturated carbocycles. The highest BCUT2D eigenvalue weighted by atomic mass is 32.2. The fourth-order valence-corrected chi connectivity index (χ4v) is 5.94. The summed E-state index contributed by atoms with van der Waals surface area (Å²) in [6.07, 6.45) is 1.57. The lowest BCUT2D eigenvalue weighted by molar-refractivity contribution is -0.119. The Hall–Kier alpha value is -4.37. The minimum Gasteiger partial charge on any atom is -0.497 e. The minimum absolute atomic E-state index is 0.0438. The maximum Gasteiger partial charge on any atom is 0.264 e. The van der Waals surface area contributed by atoms with Crippen LogP contribution in [0.4, 0.5) is 5.69 Å². The van der Waals surface area contributed by atoms with Crippen molar-refractivity contribution in [1.82, 2.24) is 9.99 Å². The summed E-state index contributed by atoms with van der Waals surface area (Å²) in [4.78, 5) is 12.9. The first-order chi connectivity index (χ1) is 18.6. The number of para-hydroxylation sites is 1. The summed E-state index contributed by atoms with van der Waals surface area (Å²) in [5, 5.41) is 4.13. The molecule has 202 valence electrons. The van der Waals surface area contributed by atoms with E-state index in [9.17, 15) is 13.2 Å². The largest absolute Gasteiger partial charge is 0.497 e. The van der Waals surface area contributed by atoms with Gasteiger partial charge in [-0.15, -0.1) is 0 Å². The third-order valence-electron chi connectivity index (χ3n) is 6.31. The first-order valence-corrected chi connectivity index (χ1v) is 13.9. The van der Waals surface area contributed by atoms with E-state index in [1.165, 1.54) is 30.4 Å². The molecular weight excluding hydrogens is 512 g/mol. The zero-order valence-electron chi connectivity index (χ0n) is 22.7. The molecule has 0 aliphatic heterocycles. The van der Waals surface area contributed by atoms with Gasteiger partial charge in [0.05, 0.1) is 23.9 Å². The number of nitrogens with zero attached hydrogens (tertiary/aromatic N) is 3. The van der Waals surface area contributed by atoms with Crippen molar-refractivity contribution in [3.05, 3.63) is 107 Å². The van der Waals surface area contributed by atoms with E-state index in [1.807, 2.05) is 19.9 Å². The zero-order valence-corrected chi connectivity index (χ0v) is 23.5. The van der Waals surface area contributed by atoms with Gasteiger partial charge in [-0.05, 0) is 93.4 Å². The molecule has 0 atom stereocenters. The van der Waals surface area contributed by atoms with E-state index in [0.29, 0.717) is 11.4 Å². The Morgan fingerprint density at radius 1 is 0.949 bits per heavy atom. The molecule has 0 radical (unpaired) electrons. The van der Waals surface area contributed by atoms with E-state index < -0.39 is 22.5 Å². The molecule has 39 heavy (non-hydrogen) atoms. The molecular formula is C30H32N4O4S. The molecule has 0 fully saturated rings. The van der Waals surface area contributed by atoms with Crippen LogP contribution in [0, 0.1) is 27.7 Å². The minimum atomic E-state index is -4.04. The molecule has 9 heteroatoms. The van der Waals surface area contributed by atoms with Crippen LogP contribution in [-0.4, -0.2) is 38.8 Å². The van der Waals surface area contributed by atoms with E-state index in [2.05, 4.69) is 47.1 Å². The van der Waals surface area contributed by atoms with Crippen LogP contribution >= 0.6 is 0 Å². The maximum atomic E-state index is 13.5. The van der Waals surface area contributed by atoms with E-state index in [4.69, 9.17) is 4.74 Å². The van der Waals surface area contributed by atoms with Crippen molar-refractivity contribution in [3.63, 3.8) is 0 Å². The number of hydrazone groups is 1. The van der Waals surface area contributed by atoms with Crippen LogP contribution < -0.4 is 14.5 Å². The monoisotopic (exact) mass is 544 g/mol. The molecule has 4 rings (SSSR count). The van der Waals surface area contributed by atoms with Gasteiger partial charge in [0.15, 0.2) is 0 Å². The Morgan fingerprint density at radius 3 is 2.21 bits per heavy atom. The van der Waals surface area contributed by atoms with E-state index >= 15 is 0 Å². The number of carbonyl (C=O) groups is 1. The number of aryl methyl sites for hydroxylation is 3. The predicted molar refractivity (Wildman–Crippen MR) is 154 cm³/mol. The van der Waals surface area contributed by atoms with Gasteiger partial charge in [0.1, 0.15) is 12.3 Å². The third kappa shape index (κ3) is 6.21. The SMILES string of the molecule is COc1ccc(S(=O)(=O)N(CC(=O)N/N=C/c2cc(C)n(-c3cc(C)cc(C)c3)c2C)c2ccccc2)cc1. The molecule has 8 nitrogen and oxygen atoms in total. The zero-order chi connectivity index (χ0) is 28.2. The molecule has 3 aromatic carbocycles. The molecule has 1 N–H and O–H groups in total. The van der Waals surface area contributed by atoms with Gasteiger partial charge in [0.2, 0.25) is 0 Å². The number of methoxy groups -OCH3 is 1. The average molecular weight is 545 g/mol. The van der Waals surface area contributed by atoms with Crippen LogP contribution in [0.1, 0.15) is 28.1 Å². The van der Waals surface area contributed by atoms with Crippen LogP contribution in [0.5, 0.6) is 5.75 Å². The molecule has 0 saturated heterocycles. The Morgan fingerprint density at radius 2 is 1.59 bits per heavy atom. The van der Waals surface area contributed by atoms with E-state index in [-0.39, 0.29) is 4.90 Å². The summed E-state index contributed by atoms with van der Waals surface area (Å²) in [5.74, 6) is -0.0421. The standard InChI is InChI=1S/C30H32N4O4S/c1-21-15-22(2)17-27(16-21)34-23(3)18-25(24(34)4)19-31-32-30(35)20-33(26-9-7-6-8-10-26)39(36,37)29-13-11-28(38-5)12-14-29/h6-19H,20H2,1-5H3,(H,32,35)/b31-19+. The Balaban J connectivity index is 1.54. The highest BCUT2D eigenvalue weighted by Gasteiger charge is 2.27. The summed E-state index contributed by atoms with van der Waals surface area (Å²) in [6.45, 7) is 7.69. The third-order valence-corrected chi connectivity index (χ3v) is 8.09. The number of aromatic nitrogens is 1. The van der Waals surface area contributed by atoms with Gasteiger partial charge < -0.3 is 9.30 Å². The summed E-state index contributed by atoms with van der Waals surface area (Å²) in [7, 11) is -2.53. The number of rotatable bonds is 9. The number of nitrogens with one attached hydrogen (secondary N) is 1. The molecule has 0 unspecified atom stereocenters. The van der Waals surface area contributed by atoms with Gasteiger partial charge in [0, 0.05) is 22.6 Å². The number of carbonyl (C=O) groups excluding carboxylic acids is 1. The summed E-state index contributed by atoms with van der Waals surface area (Å²) < 4.78 is 35.3. The molecule has 0 aliphatic carbocycles. The fourth-order valence-electron chi connectivity index (χ4n) is 4.52. The smallest absolute Gasteiger partial charge is 0.264 e. The van der Waals surface area contributed by atoms with Gasteiger partial charge in [-0.25, -0.2) is 13.8 Å². The highest BCUT2D eigenvalue weighted by molar-refractivity contribution is 7.92. The van der Waals surface area contributed by atoms with Crippen molar-refractivity contribution in [3.8, 4) is 11.4 Å². The van der Waals surface area contributed by atoms with Gasteiger partial charge >= 0.3 is 0 Å². The molecule has 0 bridgehead atoms. The molecule has 4 aromatic rings. The second-order valence-electron chi connectivity index (χ2n) is 9.32. The Kier molecular flexibility index (Phi) is 8.21. The Labute approximate surface area is 229 Å². The van der Waals surface area contributed by atoms with Crippen molar-refractivity contribution in [2.75, 3.05) is 18.0 Å². The number of sulfonamides is 1. The van der Waals surface area contributed by atoms with Crippen LogP contribution in [0.2, 0.25) is 0 Å². The summed E-state index contributed by atoms with van der Waals surface area (Å²) in [6, 6.07) is 22.9. The second-order valence-corrected chi connectivity index (χ2v) is 11.2. The average Bonchev–Trinajstić information content (AvgIpc) is 3.19. The number of hydrogen-bond acceptors (Lipinski definition) is 5. The molecule has 1 amide bonds. The quantitative estimate of drug-likeness (QED) is 0.235. The van der Waals surface area contributed by atoms with Gasteiger partial charge in [-0.1, -0.05) is 24.3 Å². The van der Waals surface area contributed by atoms with Crippen molar-refractivity contribution < 1.29 is 17.9 Å². The van der Waals surface area contributed by atoms with Crippen molar-refractivity contribution in [1.29, 1.82) is 0 Å². The number of ether oxygens (including phenoxy) is 1. The number of amides is 1. The van der Waals surface area contributed by atoms with Gasteiger partial charge in [-0.3, -0.25) is 9.10 Å². The molecule has 0 aliphatic rings. The lowest BCUT2D eigenvalue weighted by Crippen LogP contribution is -2.39. The second kappa shape index (κ2) is 11.6. The van der Waals surface area contributed by atoms with Crippen LogP contribution in [-0.2, 0) is 14.8 Å². The predicted octanol–water partition coefficient (Wildman–Crippen LogP) is 5.07. The van der Waals surface area contributed by atoms with Crippen molar-refractivity contribution >= 4 is 27.8 Å². The summed E-state index contributed by atoms with van der Waals surface area (Å²) in [5.41, 5.74) is 9.11. The fraction of sp³-hybridized carbons (Fsp3) is 0.200. The topological polar surface area (TPSA) is 93.0 Å². The maximum absolute atomic E-state index is 13.5. The van der Waals surface area contributed by atoms with Gasteiger partial charge in [-0.2, -0.15) is 5.10 Å². The number of anilines is 1. The molecule has 0 spiro atoms. The first kappa shape index (κ1) is 27.7. The number of benzene rings is 3. The van der Waals surface area contributed by atoms with E-state index in [0.717, 1.165) is 26.9 Å². The van der Waals surface area contributed by atoms with Crippen LogP contribution in [0.3, 0.4) is 0 Å². The normalized spacial score (nSPS) is 11.5. The Bertz CT molecular complexity index is 1590. The van der Waals surface area contributed by atoms with Crippen LogP contribution in [0.25, 0.3) is 5.69 Å². The first-order valence-electron chi connectivity index (χ1n) is 12.4. The van der Waals surface area contributed by atoms with Crippen molar-refractivity contribution in [2.45, 2.75) is 32.6 Å². The highest BCUT2D eigenvalue weighted by Crippen LogP contribution is 2.25. The van der Waals surface area contributed by atoms with Crippen molar-refractivity contribution in [2.24, 2.45) is 5.10 Å². The van der Waals surface area contributed by atoms with Crippen LogP contribution in [0.15, 0.2) is 88.9 Å². The molecule has 1 heterocycles. The summed E-state index contributed by atoms with van der Waals surface area (Å²) >= 11 is 0. The lowest BCUT2D eigenvalue weighted by Gasteiger charge is -2.23. The number of hydrogen-bond donors (Lipinski definition) is 1. The molecule has 1 aromatic heterocycles.